The topological polar surface area (TPSA) is 80.3 Å². The summed E-state index contributed by atoms with van der Waals surface area (Å²) >= 11 is 1.39. The van der Waals surface area contributed by atoms with Crippen molar-refractivity contribution in [2.75, 3.05) is 33.6 Å². The number of methoxy groups -OCH3 is 2. The van der Waals surface area contributed by atoms with E-state index in [1.54, 1.807) is 14.2 Å². The van der Waals surface area contributed by atoms with Gasteiger partial charge in [0.05, 0.1) is 25.3 Å². The van der Waals surface area contributed by atoms with Gasteiger partial charge in [-0.1, -0.05) is 43.0 Å². The van der Waals surface area contributed by atoms with Crippen LogP contribution in [-0.2, 0) is 6.54 Å². The number of hydrogen-bond acceptors (Lipinski definition) is 7. The van der Waals surface area contributed by atoms with E-state index in [0.29, 0.717) is 22.7 Å². The third-order valence-electron chi connectivity index (χ3n) is 6.49. The zero-order chi connectivity index (χ0) is 25.2. The fraction of sp³-hybridized carbons (Fsp3) is 0.250. The van der Waals surface area contributed by atoms with E-state index in [0.717, 1.165) is 58.1 Å². The number of benzene rings is 2. The first-order valence-electron chi connectivity index (χ1n) is 11.8. The first kappa shape index (κ1) is 24.1. The number of H-pyrrole nitrogens is 1. The van der Waals surface area contributed by atoms with Gasteiger partial charge in [0.15, 0.2) is 10.8 Å². The van der Waals surface area contributed by atoms with E-state index >= 15 is 0 Å². The van der Waals surface area contributed by atoms with Crippen molar-refractivity contribution in [3.63, 3.8) is 0 Å². The lowest BCUT2D eigenvalue weighted by Gasteiger charge is -2.31. The Morgan fingerprint density at radius 2 is 1.67 bits per heavy atom. The lowest BCUT2D eigenvalue weighted by molar-refractivity contribution is 0.307. The van der Waals surface area contributed by atoms with Gasteiger partial charge >= 0.3 is 0 Å². The van der Waals surface area contributed by atoms with Crippen LogP contribution in [0.5, 0.6) is 11.5 Å². The Balaban J connectivity index is 1.80. The van der Waals surface area contributed by atoms with Crippen LogP contribution in [-0.4, -0.2) is 53.4 Å². The maximum absolute atomic E-state index is 13.3. The highest BCUT2D eigenvalue weighted by Gasteiger charge is 2.28. The third kappa shape index (κ3) is 4.50. The number of aromatic nitrogens is 3. The molecule has 0 bridgehead atoms. The van der Waals surface area contributed by atoms with Crippen molar-refractivity contribution < 1.29 is 9.47 Å². The monoisotopic (exact) mass is 500 g/mol. The quantitative estimate of drug-likeness (QED) is 0.291. The van der Waals surface area contributed by atoms with Crippen LogP contribution in [0.25, 0.3) is 33.8 Å². The molecule has 0 atom stereocenters. The van der Waals surface area contributed by atoms with Crippen molar-refractivity contribution in [1.29, 1.82) is 0 Å². The van der Waals surface area contributed by atoms with E-state index < -0.39 is 0 Å². The Morgan fingerprint density at radius 1 is 1.00 bits per heavy atom. The number of aromatic amines is 1. The standard InChI is InChI=1S/C28H28N4O3S/c1-5-32-15-19(14-17-6-10-20(34-2)11-7-17)25-22(16-32)23(18-8-12-21(35-3)13-9-18)24-26(29-25)30-28(36-4)31-27(24)33/h6-14H,5,15-16H2,1-4H3,(H,29,30,31,33)/b19-14+. The van der Waals surface area contributed by atoms with Crippen LogP contribution in [0.1, 0.15) is 23.7 Å². The average molecular weight is 501 g/mol. The zero-order valence-electron chi connectivity index (χ0n) is 20.8. The van der Waals surface area contributed by atoms with Gasteiger partial charge in [0.25, 0.3) is 5.56 Å². The molecule has 0 saturated carbocycles. The van der Waals surface area contributed by atoms with E-state index in [9.17, 15) is 4.79 Å². The molecule has 8 heteroatoms. The fourth-order valence-electron chi connectivity index (χ4n) is 4.62. The van der Waals surface area contributed by atoms with Crippen LogP contribution in [0.15, 0.2) is 58.5 Å². The summed E-state index contributed by atoms with van der Waals surface area (Å²) in [6.45, 7) is 4.48. The van der Waals surface area contributed by atoms with Crippen LogP contribution in [0.3, 0.4) is 0 Å². The lowest BCUT2D eigenvalue weighted by atomic mass is 9.89. The molecule has 0 spiro atoms. The second-order valence-electron chi connectivity index (χ2n) is 8.56. The Labute approximate surface area is 214 Å². The molecule has 5 rings (SSSR count). The SMILES string of the molecule is CCN1C/C(=C\c2ccc(OC)cc2)c2nc3nc(SC)[nH]c(=O)c3c(-c3ccc(OC)cc3)c2C1. The molecule has 184 valence electrons. The van der Waals surface area contributed by atoms with Gasteiger partial charge in [-0.3, -0.25) is 9.69 Å². The second kappa shape index (κ2) is 10.2. The van der Waals surface area contributed by atoms with Gasteiger partial charge < -0.3 is 14.5 Å². The van der Waals surface area contributed by atoms with Crippen LogP contribution in [0.4, 0.5) is 0 Å². The van der Waals surface area contributed by atoms with Gasteiger partial charge in [0, 0.05) is 24.2 Å². The van der Waals surface area contributed by atoms with Crippen molar-refractivity contribution in [2.45, 2.75) is 18.6 Å². The summed E-state index contributed by atoms with van der Waals surface area (Å²) in [7, 11) is 3.31. The summed E-state index contributed by atoms with van der Waals surface area (Å²) < 4.78 is 10.7. The first-order valence-corrected chi connectivity index (χ1v) is 13.0. The van der Waals surface area contributed by atoms with Gasteiger partial charge in [-0.2, -0.15) is 0 Å². The summed E-state index contributed by atoms with van der Waals surface area (Å²) in [5, 5.41) is 1.06. The number of rotatable bonds is 6. The lowest BCUT2D eigenvalue weighted by Crippen LogP contribution is -2.31. The molecule has 4 aromatic rings. The number of nitrogens with one attached hydrogen (secondary N) is 1. The van der Waals surface area contributed by atoms with Crippen molar-refractivity contribution in [3.8, 4) is 22.6 Å². The molecule has 0 saturated heterocycles. The van der Waals surface area contributed by atoms with Gasteiger partial charge in [-0.25, -0.2) is 9.97 Å². The van der Waals surface area contributed by atoms with E-state index in [4.69, 9.17) is 19.4 Å². The van der Waals surface area contributed by atoms with Gasteiger partial charge in [0.1, 0.15) is 11.5 Å². The first-order chi connectivity index (χ1) is 17.5. The van der Waals surface area contributed by atoms with E-state index in [1.807, 2.05) is 54.8 Å². The third-order valence-corrected chi connectivity index (χ3v) is 7.07. The Hall–Kier alpha value is -3.62. The second-order valence-corrected chi connectivity index (χ2v) is 9.36. The molecule has 0 unspecified atom stereocenters. The van der Waals surface area contributed by atoms with Gasteiger partial charge in [-0.05, 0) is 59.8 Å². The van der Waals surface area contributed by atoms with Crippen LogP contribution >= 0.6 is 11.8 Å². The number of fused-ring (bicyclic) bond motifs is 2. The van der Waals surface area contributed by atoms with Crippen LogP contribution in [0, 0.1) is 0 Å². The molecule has 1 aliphatic heterocycles. The molecule has 3 heterocycles. The van der Waals surface area contributed by atoms with Crippen molar-refractivity contribution in [1.82, 2.24) is 19.9 Å². The number of thioether (sulfide) groups is 1. The highest BCUT2D eigenvalue weighted by atomic mass is 32.2. The zero-order valence-corrected chi connectivity index (χ0v) is 21.6. The highest BCUT2D eigenvalue weighted by molar-refractivity contribution is 7.98. The van der Waals surface area contributed by atoms with E-state index in [1.165, 1.54) is 11.8 Å². The molecule has 0 fully saturated rings. The summed E-state index contributed by atoms with van der Waals surface area (Å²) in [5.74, 6) is 1.58. The maximum atomic E-state index is 13.3. The minimum Gasteiger partial charge on any atom is -0.497 e. The van der Waals surface area contributed by atoms with Crippen molar-refractivity contribution in [3.05, 3.63) is 75.7 Å². The predicted molar refractivity (Wildman–Crippen MR) is 146 cm³/mol. The Kier molecular flexibility index (Phi) is 6.80. The van der Waals surface area contributed by atoms with Gasteiger partial charge in [0.2, 0.25) is 0 Å². The molecule has 7 nitrogen and oxygen atoms in total. The minimum absolute atomic E-state index is 0.181. The molecule has 2 aromatic carbocycles. The molecule has 0 amide bonds. The molecule has 0 radical (unpaired) electrons. The predicted octanol–water partition coefficient (Wildman–Crippen LogP) is 5.10. The molecule has 1 aliphatic rings. The van der Waals surface area contributed by atoms with Gasteiger partial charge in [-0.15, -0.1) is 0 Å². The number of hydrogen-bond donors (Lipinski definition) is 1. The smallest absolute Gasteiger partial charge is 0.261 e. The molecule has 36 heavy (non-hydrogen) atoms. The van der Waals surface area contributed by atoms with Crippen LogP contribution < -0.4 is 15.0 Å². The average Bonchev–Trinajstić information content (AvgIpc) is 2.92. The molecular weight excluding hydrogens is 472 g/mol. The number of nitrogens with zero attached hydrogens (tertiary/aromatic N) is 3. The Morgan fingerprint density at radius 3 is 2.28 bits per heavy atom. The summed E-state index contributed by atoms with van der Waals surface area (Å²) in [6.07, 6.45) is 4.06. The summed E-state index contributed by atoms with van der Waals surface area (Å²) in [6, 6.07) is 15.8. The largest absolute Gasteiger partial charge is 0.497 e. The molecule has 1 N–H and O–H groups in total. The van der Waals surface area contributed by atoms with E-state index in [-0.39, 0.29) is 5.56 Å². The minimum atomic E-state index is -0.181. The summed E-state index contributed by atoms with van der Waals surface area (Å²) in [5.41, 5.74) is 6.16. The number of ether oxygens (including phenoxy) is 2. The molecule has 2 aromatic heterocycles. The number of likely N-dealkylation sites (N-methyl/N-ethyl adjacent to an activating group) is 1. The van der Waals surface area contributed by atoms with E-state index in [2.05, 4.69) is 22.9 Å². The van der Waals surface area contributed by atoms with Crippen molar-refractivity contribution >= 4 is 34.4 Å². The van der Waals surface area contributed by atoms with Crippen LogP contribution in [0.2, 0.25) is 0 Å². The fourth-order valence-corrected chi connectivity index (χ4v) is 4.99. The maximum Gasteiger partial charge on any atom is 0.261 e. The highest BCUT2D eigenvalue weighted by Crippen LogP contribution is 2.38. The summed E-state index contributed by atoms with van der Waals surface area (Å²) in [4.78, 5) is 28.3. The molecule has 0 aliphatic carbocycles. The van der Waals surface area contributed by atoms with Crippen molar-refractivity contribution in [2.24, 2.45) is 0 Å². The number of pyridine rings is 1. The molecular formula is C28H28N4O3S. The normalized spacial score (nSPS) is 14.7. The Bertz CT molecular complexity index is 1500.